The fourth-order valence-electron chi connectivity index (χ4n) is 2.02. The van der Waals surface area contributed by atoms with Crippen molar-refractivity contribution in [2.24, 2.45) is 0 Å². The first-order chi connectivity index (χ1) is 9.26. The molecule has 0 aliphatic carbocycles. The average Bonchev–Trinajstić information content (AvgIpc) is 2.81. The summed E-state index contributed by atoms with van der Waals surface area (Å²) in [4.78, 5) is 0. The highest BCUT2D eigenvalue weighted by Gasteiger charge is 2.12. The number of nitrogens with zero attached hydrogens (tertiary/aromatic N) is 3. The Labute approximate surface area is 118 Å². The number of halogens is 1. The molecule has 1 aromatic heterocycles. The molecule has 0 aliphatic heterocycles. The van der Waals surface area contributed by atoms with Crippen LogP contribution < -0.4 is 0 Å². The van der Waals surface area contributed by atoms with Gasteiger partial charge in [0.25, 0.3) is 0 Å². The molecule has 0 saturated heterocycles. The molecule has 1 heterocycles. The van der Waals surface area contributed by atoms with Gasteiger partial charge in [0.1, 0.15) is 5.69 Å². The number of benzene rings is 1. The number of aliphatic hydroxyl groups is 1. The van der Waals surface area contributed by atoms with Crippen LogP contribution in [0.25, 0.3) is 0 Å². The molecule has 2 rings (SSSR count). The quantitative estimate of drug-likeness (QED) is 0.885. The highest BCUT2D eigenvalue weighted by atomic mass is 35.5. The van der Waals surface area contributed by atoms with Gasteiger partial charge in [0.2, 0.25) is 0 Å². The summed E-state index contributed by atoms with van der Waals surface area (Å²) in [6.45, 7) is 2.66. The molecule has 0 saturated carbocycles. The number of hydrogen-bond donors (Lipinski definition) is 1. The second kappa shape index (κ2) is 6.68. The molecule has 0 amide bonds. The molecule has 0 radical (unpaired) electrons. The van der Waals surface area contributed by atoms with E-state index < -0.39 is 0 Å². The fraction of sp³-hybridized carbons (Fsp3) is 0.429. The Bertz CT molecular complexity index is 539. The van der Waals surface area contributed by atoms with Crippen LogP contribution in [-0.4, -0.2) is 20.1 Å². The second-order valence-electron chi connectivity index (χ2n) is 4.49. The Morgan fingerprint density at radius 3 is 2.79 bits per heavy atom. The third kappa shape index (κ3) is 3.33. The van der Waals surface area contributed by atoms with Crippen molar-refractivity contribution in [2.45, 2.75) is 39.3 Å². The molecule has 19 heavy (non-hydrogen) atoms. The van der Waals surface area contributed by atoms with Gasteiger partial charge >= 0.3 is 0 Å². The third-order valence-corrected chi connectivity index (χ3v) is 3.48. The summed E-state index contributed by atoms with van der Waals surface area (Å²) in [5.41, 5.74) is 2.68. The SMILES string of the molecule is CCCCc1c(CO)nnn1Cc1ccccc1Cl. The van der Waals surface area contributed by atoms with Crippen molar-refractivity contribution in [3.63, 3.8) is 0 Å². The standard InChI is InChI=1S/C14H18ClN3O/c1-2-3-8-14-13(10-19)16-17-18(14)9-11-6-4-5-7-12(11)15/h4-7,19H,2-3,8-10H2,1H3. The van der Waals surface area contributed by atoms with Gasteiger partial charge < -0.3 is 5.11 Å². The Hall–Kier alpha value is -1.39. The van der Waals surface area contributed by atoms with Crippen LogP contribution in [0.5, 0.6) is 0 Å². The van der Waals surface area contributed by atoms with E-state index in [1.54, 1.807) is 0 Å². The van der Waals surface area contributed by atoms with Crippen LogP contribution in [0.4, 0.5) is 0 Å². The van der Waals surface area contributed by atoms with Crippen molar-refractivity contribution in [3.05, 3.63) is 46.2 Å². The van der Waals surface area contributed by atoms with Crippen molar-refractivity contribution in [1.29, 1.82) is 0 Å². The van der Waals surface area contributed by atoms with E-state index in [1.165, 1.54) is 0 Å². The van der Waals surface area contributed by atoms with Crippen LogP contribution in [-0.2, 0) is 19.6 Å². The van der Waals surface area contributed by atoms with E-state index in [2.05, 4.69) is 17.2 Å². The zero-order valence-corrected chi connectivity index (χ0v) is 11.8. The van der Waals surface area contributed by atoms with Gasteiger partial charge in [-0.3, -0.25) is 0 Å². The van der Waals surface area contributed by atoms with Crippen LogP contribution in [0.2, 0.25) is 5.02 Å². The van der Waals surface area contributed by atoms with Gasteiger partial charge in [-0.1, -0.05) is 48.4 Å². The summed E-state index contributed by atoms with van der Waals surface area (Å²) >= 11 is 6.16. The normalized spacial score (nSPS) is 10.9. The zero-order chi connectivity index (χ0) is 13.7. The minimum absolute atomic E-state index is 0.0679. The summed E-state index contributed by atoms with van der Waals surface area (Å²) in [6, 6.07) is 7.71. The highest BCUT2D eigenvalue weighted by Crippen LogP contribution is 2.18. The van der Waals surface area contributed by atoms with Gasteiger partial charge in [0.15, 0.2) is 0 Å². The van der Waals surface area contributed by atoms with E-state index in [9.17, 15) is 5.11 Å². The van der Waals surface area contributed by atoms with Crippen LogP contribution in [0.1, 0.15) is 36.7 Å². The summed E-state index contributed by atoms with van der Waals surface area (Å²) in [6.07, 6.45) is 3.04. The molecule has 4 nitrogen and oxygen atoms in total. The lowest BCUT2D eigenvalue weighted by atomic mass is 10.1. The highest BCUT2D eigenvalue weighted by molar-refractivity contribution is 6.31. The topological polar surface area (TPSA) is 50.9 Å². The van der Waals surface area contributed by atoms with Crippen molar-refractivity contribution in [1.82, 2.24) is 15.0 Å². The van der Waals surface area contributed by atoms with Crippen molar-refractivity contribution < 1.29 is 5.11 Å². The summed E-state index contributed by atoms with van der Waals surface area (Å²) in [7, 11) is 0. The Balaban J connectivity index is 2.24. The van der Waals surface area contributed by atoms with E-state index in [0.29, 0.717) is 12.2 Å². The number of rotatable bonds is 6. The fourth-order valence-corrected chi connectivity index (χ4v) is 2.22. The number of hydrogen-bond acceptors (Lipinski definition) is 3. The van der Waals surface area contributed by atoms with Gasteiger partial charge in [-0.2, -0.15) is 0 Å². The van der Waals surface area contributed by atoms with Gasteiger partial charge in [-0.05, 0) is 24.5 Å². The van der Waals surface area contributed by atoms with Gasteiger partial charge in [0.05, 0.1) is 18.8 Å². The maximum absolute atomic E-state index is 9.31. The first-order valence-corrected chi connectivity index (χ1v) is 6.89. The molecular weight excluding hydrogens is 262 g/mol. The van der Waals surface area contributed by atoms with E-state index in [-0.39, 0.29) is 6.61 Å². The monoisotopic (exact) mass is 279 g/mol. The van der Waals surface area contributed by atoms with E-state index >= 15 is 0 Å². The molecule has 1 N–H and O–H groups in total. The molecule has 2 aromatic rings. The van der Waals surface area contributed by atoms with Crippen LogP contribution in [0.15, 0.2) is 24.3 Å². The largest absolute Gasteiger partial charge is 0.390 e. The van der Waals surface area contributed by atoms with Crippen LogP contribution in [0, 0.1) is 0 Å². The average molecular weight is 280 g/mol. The van der Waals surface area contributed by atoms with E-state index in [4.69, 9.17) is 11.6 Å². The lowest BCUT2D eigenvalue weighted by Crippen LogP contribution is -2.08. The predicted octanol–water partition coefficient (Wildman–Crippen LogP) is 2.81. The van der Waals surface area contributed by atoms with Crippen molar-refractivity contribution >= 4 is 11.6 Å². The smallest absolute Gasteiger partial charge is 0.111 e. The minimum atomic E-state index is -0.0679. The van der Waals surface area contributed by atoms with E-state index in [1.807, 2.05) is 28.9 Å². The molecule has 0 atom stereocenters. The van der Waals surface area contributed by atoms with Crippen molar-refractivity contribution in [3.8, 4) is 0 Å². The molecule has 102 valence electrons. The van der Waals surface area contributed by atoms with Gasteiger partial charge in [-0.25, -0.2) is 4.68 Å². The Kier molecular flexibility index (Phi) is 4.93. The number of aliphatic hydroxyl groups excluding tert-OH is 1. The summed E-state index contributed by atoms with van der Waals surface area (Å²) in [5.74, 6) is 0. The molecular formula is C14H18ClN3O. The molecule has 0 bridgehead atoms. The first-order valence-electron chi connectivity index (χ1n) is 6.51. The predicted molar refractivity (Wildman–Crippen MR) is 75.1 cm³/mol. The maximum atomic E-state index is 9.31. The molecule has 0 unspecified atom stereocenters. The van der Waals surface area contributed by atoms with Crippen LogP contribution in [0.3, 0.4) is 0 Å². The second-order valence-corrected chi connectivity index (χ2v) is 4.90. The minimum Gasteiger partial charge on any atom is -0.390 e. The maximum Gasteiger partial charge on any atom is 0.111 e. The number of unbranched alkanes of at least 4 members (excludes halogenated alkanes) is 1. The molecule has 0 fully saturated rings. The lowest BCUT2D eigenvalue weighted by molar-refractivity contribution is 0.275. The van der Waals surface area contributed by atoms with Crippen LogP contribution >= 0.6 is 11.6 Å². The van der Waals surface area contributed by atoms with Crippen molar-refractivity contribution in [2.75, 3.05) is 0 Å². The molecule has 1 aromatic carbocycles. The van der Waals surface area contributed by atoms with Gasteiger partial charge in [0, 0.05) is 5.02 Å². The molecule has 0 aliphatic rings. The van der Waals surface area contributed by atoms with E-state index in [0.717, 1.165) is 35.5 Å². The third-order valence-electron chi connectivity index (χ3n) is 3.11. The Morgan fingerprint density at radius 2 is 2.11 bits per heavy atom. The Morgan fingerprint density at radius 1 is 1.32 bits per heavy atom. The number of aromatic nitrogens is 3. The van der Waals surface area contributed by atoms with Gasteiger partial charge in [-0.15, -0.1) is 5.10 Å². The molecule has 0 spiro atoms. The summed E-state index contributed by atoms with van der Waals surface area (Å²) in [5, 5.41) is 18.2. The molecule has 5 heteroatoms. The summed E-state index contributed by atoms with van der Waals surface area (Å²) < 4.78 is 1.84. The zero-order valence-electron chi connectivity index (χ0n) is 11.0. The first kappa shape index (κ1) is 14.0. The lowest BCUT2D eigenvalue weighted by Gasteiger charge is -2.08.